The number of halogens is 1. The lowest BCUT2D eigenvalue weighted by atomic mass is 10.2. The zero-order valence-corrected chi connectivity index (χ0v) is 16.2. The van der Waals surface area contributed by atoms with Crippen molar-refractivity contribution in [3.8, 4) is 0 Å². The summed E-state index contributed by atoms with van der Waals surface area (Å²) in [6, 6.07) is 3.26. The fourth-order valence-electron chi connectivity index (χ4n) is 1.75. The van der Waals surface area contributed by atoms with Gasteiger partial charge in [-0.3, -0.25) is 4.79 Å². The Morgan fingerprint density at radius 1 is 1.16 bits per heavy atom. The van der Waals surface area contributed by atoms with E-state index in [1.165, 1.54) is 12.1 Å². The second-order valence-corrected chi connectivity index (χ2v) is 9.30. The first kappa shape index (κ1) is 21.5. The summed E-state index contributed by atoms with van der Waals surface area (Å²) in [5, 5.41) is 0. The van der Waals surface area contributed by atoms with Crippen LogP contribution in [0.3, 0.4) is 0 Å². The van der Waals surface area contributed by atoms with Crippen molar-refractivity contribution in [1.29, 1.82) is 0 Å². The number of sulfonamides is 1. The van der Waals surface area contributed by atoms with E-state index in [2.05, 4.69) is 4.72 Å². The molecule has 0 fully saturated rings. The molecule has 6 nitrogen and oxygen atoms in total. The molecule has 1 aromatic carbocycles. The smallest absolute Gasteiger partial charge is 0.327 e. The Bertz CT molecular complexity index is 704. The first-order valence-electron chi connectivity index (χ1n) is 7.84. The maximum absolute atomic E-state index is 13.3. The Kier molecular flexibility index (Phi) is 6.72. The third-order valence-electron chi connectivity index (χ3n) is 2.78. The number of carbonyl (C=O) groups excluding carboxylic acids is 1. The molecule has 0 aromatic heterocycles. The molecule has 1 rings (SSSR count). The molecule has 0 radical (unpaired) electrons. The van der Waals surface area contributed by atoms with E-state index in [1.54, 1.807) is 41.5 Å². The van der Waals surface area contributed by atoms with Crippen molar-refractivity contribution in [2.75, 3.05) is 6.61 Å². The first-order valence-corrected chi connectivity index (χ1v) is 9.33. The van der Waals surface area contributed by atoms with Crippen LogP contribution in [0.25, 0.3) is 0 Å². The number of carbonyl (C=O) groups is 1. The fraction of sp³-hybridized carbons (Fsp3) is 0.588. The molecule has 0 bridgehead atoms. The van der Waals surface area contributed by atoms with Gasteiger partial charge in [0.2, 0.25) is 10.0 Å². The Hall–Kier alpha value is -1.51. The summed E-state index contributed by atoms with van der Waals surface area (Å²) in [7, 11) is -4.12. The molecule has 1 aromatic rings. The molecular weight excluding hydrogens is 349 g/mol. The topological polar surface area (TPSA) is 81.7 Å². The molecule has 8 heteroatoms. The molecule has 25 heavy (non-hydrogen) atoms. The number of rotatable bonds is 6. The maximum Gasteiger partial charge on any atom is 0.327 e. The van der Waals surface area contributed by atoms with E-state index in [0.717, 1.165) is 12.1 Å². The van der Waals surface area contributed by atoms with Crippen molar-refractivity contribution >= 4 is 16.0 Å². The maximum atomic E-state index is 13.3. The molecule has 0 spiro atoms. The van der Waals surface area contributed by atoms with Crippen molar-refractivity contribution in [1.82, 2.24) is 4.72 Å². The van der Waals surface area contributed by atoms with Crippen LogP contribution in [0.2, 0.25) is 0 Å². The van der Waals surface area contributed by atoms with E-state index in [-0.39, 0.29) is 11.5 Å². The van der Waals surface area contributed by atoms with Crippen LogP contribution >= 0.6 is 0 Å². The van der Waals surface area contributed by atoms with Gasteiger partial charge in [0.1, 0.15) is 17.5 Å². The highest BCUT2D eigenvalue weighted by atomic mass is 32.2. The zero-order chi connectivity index (χ0) is 19.5. The van der Waals surface area contributed by atoms with Crippen LogP contribution in [0.5, 0.6) is 0 Å². The van der Waals surface area contributed by atoms with Gasteiger partial charge in [-0.15, -0.1) is 0 Å². The summed E-state index contributed by atoms with van der Waals surface area (Å²) in [5.41, 5.74) is -1.37. The summed E-state index contributed by atoms with van der Waals surface area (Å²) in [4.78, 5) is 12.1. The van der Waals surface area contributed by atoms with E-state index in [4.69, 9.17) is 9.47 Å². The fourth-order valence-corrected chi connectivity index (χ4v) is 2.95. The summed E-state index contributed by atoms with van der Waals surface area (Å²) in [6.07, 6.45) is 0. The SMILES string of the molecule is CC(C)(C)OCC(NS(=O)(=O)c1cccc(F)c1)C(=O)OC(C)(C)C. The second-order valence-electron chi connectivity index (χ2n) is 7.59. The van der Waals surface area contributed by atoms with Crippen molar-refractivity contribution in [3.05, 3.63) is 30.1 Å². The summed E-state index contributed by atoms with van der Waals surface area (Å²) >= 11 is 0. The molecule has 0 saturated heterocycles. The van der Waals surface area contributed by atoms with E-state index in [0.29, 0.717) is 0 Å². The van der Waals surface area contributed by atoms with Crippen LogP contribution in [-0.4, -0.2) is 38.2 Å². The van der Waals surface area contributed by atoms with Gasteiger partial charge in [0, 0.05) is 0 Å². The van der Waals surface area contributed by atoms with Crippen LogP contribution in [0.15, 0.2) is 29.2 Å². The van der Waals surface area contributed by atoms with Crippen molar-refractivity contribution < 1.29 is 27.1 Å². The van der Waals surface area contributed by atoms with Crippen LogP contribution < -0.4 is 4.72 Å². The van der Waals surface area contributed by atoms with Gasteiger partial charge in [0.15, 0.2) is 0 Å². The number of esters is 1. The third kappa shape index (κ3) is 7.94. The Balaban J connectivity index is 3.04. The molecule has 1 unspecified atom stereocenters. The predicted molar refractivity (Wildman–Crippen MR) is 92.1 cm³/mol. The standard InChI is InChI=1S/C17H26FNO5S/c1-16(2,3)23-11-14(15(20)24-17(4,5)6)19-25(21,22)13-9-7-8-12(18)10-13/h7-10,14,19H,11H2,1-6H3. The first-order chi connectivity index (χ1) is 11.2. The van der Waals surface area contributed by atoms with Crippen molar-refractivity contribution in [2.24, 2.45) is 0 Å². The lowest BCUT2D eigenvalue weighted by Gasteiger charge is -2.27. The highest BCUT2D eigenvalue weighted by molar-refractivity contribution is 7.89. The molecule has 0 saturated carbocycles. The average molecular weight is 375 g/mol. The van der Waals surface area contributed by atoms with E-state index < -0.39 is 39.1 Å². The molecule has 0 amide bonds. The molecule has 142 valence electrons. The minimum atomic E-state index is -4.12. The predicted octanol–water partition coefficient (Wildman–Crippen LogP) is 2.63. The summed E-state index contributed by atoms with van der Waals surface area (Å²) in [6.45, 7) is 10.1. The highest BCUT2D eigenvalue weighted by Crippen LogP contribution is 2.15. The number of hydrogen-bond acceptors (Lipinski definition) is 5. The van der Waals surface area contributed by atoms with Gasteiger partial charge < -0.3 is 9.47 Å². The molecule has 1 N–H and O–H groups in total. The largest absolute Gasteiger partial charge is 0.459 e. The number of hydrogen-bond donors (Lipinski definition) is 1. The molecule has 0 aliphatic heterocycles. The molecule has 0 aliphatic rings. The molecule has 0 aliphatic carbocycles. The van der Waals surface area contributed by atoms with Gasteiger partial charge in [0.25, 0.3) is 0 Å². The monoisotopic (exact) mass is 375 g/mol. The number of ether oxygens (including phenoxy) is 2. The van der Waals surface area contributed by atoms with Gasteiger partial charge in [-0.1, -0.05) is 6.07 Å². The Labute approximate surface area is 148 Å². The van der Waals surface area contributed by atoms with Crippen LogP contribution in [0.1, 0.15) is 41.5 Å². The van der Waals surface area contributed by atoms with E-state index >= 15 is 0 Å². The van der Waals surface area contributed by atoms with Crippen molar-refractivity contribution in [3.63, 3.8) is 0 Å². The van der Waals surface area contributed by atoms with Crippen LogP contribution in [0, 0.1) is 5.82 Å². The summed E-state index contributed by atoms with van der Waals surface area (Å²) < 4.78 is 51.2. The Morgan fingerprint density at radius 2 is 1.76 bits per heavy atom. The molecule has 0 heterocycles. The van der Waals surface area contributed by atoms with Crippen molar-refractivity contribution in [2.45, 2.75) is 63.7 Å². The third-order valence-corrected chi connectivity index (χ3v) is 4.25. The average Bonchev–Trinajstić information content (AvgIpc) is 2.40. The van der Waals surface area contributed by atoms with Gasteiger partial charge in [-0.25, -0.2) is 12.8 Å². The lowest BCUT2D eigenvalue weighted by Crippen LogP contribution is -2.48. The minimum absolute atomic E-state index is 0.215. The van der Waals surface area contributed by atoms with E-state index in [9.17, 15) is 17.6 Å². The van der Waals surface area contributed by atoms with Gasteiger partial charge >= 0.3 is 5.97 Å². The number of benzene rings is 1. The van der Waals surface area contributed by atoms with Crippen LogP contribution in [0.4, 0.5) is 4.39 Å². The summed E-state index contributed by atoms with van der Waals surface area (Å²) in [5.74, 6) is -1.46. The lowest BCUT2D eigenvalue weighted by molar-refractivity contribution is -0.159. The highest BCUT2D eigenvalue weighted by Gasteiger charge is 2.31. The van der Waals surface area contributed by atoms with Gasteiger partial charge in [-0.05, 0) is 59.7 Å². The Morgan fingerprint density at radius 3 is 2.24 bits per heavy atom. The minimum Gasteiger partial charge on any atom is -0.459 e. The second kappa shape index (κ2) is 7.80. The zero-order valence-electron chi connectivity index (χ0n) is 15.4. The number of nitrogens with one attached hydrogen (secondary N) is 1. The van der Waals surface area contributed by atoms with Gasteiger partial charge in [-0.2, -0.15) is 4.72 Å². The van der Waals surface area contributed by atoms with Gasteiger partial charge in [0.05, 0.1) is 17.1 Å². The van der Waals surface area contributed by atoms with E-state index in [1.807, 2.05) is 0 Å². The quantitative estimate of drug-likeness (QED) is 0.773. The molecule has 1 atom stereocenters. The normalized spacial score (nSPS) is 14.2. The molecular formula is C17H26FNO5S. The van der Waals surface area contributed by atoms with Crippen LogP contribution in [-0.2, 0) is 24.3 Å².